The van der Waals surface area contributed by atoms with E-state index < -0.39 is 15.8 Å². The van der Waals surface area contributed by atoms with Gasteiger partial charge in [-0.3, -0.25) is 9.98 Å². The number of hydrogen-bond donors (Lipinski definition) is 0. The molecule has 0 spiro atoms. The summed E-state index contributed by atoms with van der Waals surface area (Å²) in [6.45, 7) is 27.3. The lowest BCUT2D eigenvalue weighted by atomic mass is 10.1. The lowest BCUT2D eigenvalue weighted by Gasteiger charge is -2.45. The number of aliphatic imine (C=N–C) groups is 2. The molecular weight excluding hydrogens is 534 g/mol. The third kappa shape index (κ3) is 8.21. The van der Waals surface area contributed by atoms with Crippen LogP contribution in [-0.4, -0.2) is 58.7 Å². The van der Waals surface area contributed by atoms with Gasteiger partial charge in [-0.05, 0) is 83.1 Å². The first-order valence-corrected chi connectivity index (χ1v) is 21.5. The lowest BCUT2D eigenvalue weighted by Crippen LogP contribution is -2.55. The van der Waals surface area contributed by atoms with Crippen LogP contribution in [0.2, 0.25) is 0 Å². The average Bonchev–Trinajstić information content (AvgIpc) is 2.73. The molecule has 0 N–H and O–H groups in total. The van der Waals surface area contributed by atoms with Crippen LogP contribution in [0.25, 0.3) is 0 Å². The molecule has 0 aromatic heterocycles. The van der Waals surface area contributed by atoms with Crippen molar-refractivity contribution in [3.05, 3.63) is 71.8 Å². The van der Waals surface area contributed by atoms with E-state index in [4.69, 9.17) is 9.98 Å². The standard InChI is InChI=1S/C30H46N4P2Si2/c1-27(2,3)31-25(23-19-15-13-16-20-23)33(29(7,8)9)37-35-38(36-37)34(30(10,11)12)26(32-28(4,5)6)24-21-17-14-18-22-24/h13-22H,1-12H3. The van der Waals surface area contributed by atoms with E-state index in [1.165, 1.54) is 11.1 Å². The summed E-state index contributed by atoms with van der Waals surface area (Å²) in [6.07, 6.45) is 0. The van der Waals surface area contributed by atoms with Crippen LogP contribution in [0.1, 0.15) is 94.2 Å². The molecule has 2 aromatic rings. The predicted octanol–water partition coefficient (Wildman–Crippen LogP) is 8.55. The smallest absolute Gasteiger partial charge is 0.220 e. The first-order valence-electron chi connectivity index (χ1n) is 13.5. The van der Waals surface area contributed by atoms with E-state index in [0.717, 1.165) is 11.7 Å². The van der Waals surface area contributed by atoms with Crippen LogP contribution >= 0.6 is 14.5 Å². The molecule has 0 saturated carbocycles. The molecule has 0 bridgehead atoms. The van der Waals surface area contributed by atoms with Crippen LogP contribution in [0.4, 0.5) is 0 Å². The van der Waals surface area contributed by atoms with Crippen molar-refractivity contribution >= 4 is 42.0 Å². The van der Waals surface area contributed by atoms with Gasteiger partial charge in [0.2, 0.25) is 15.8 Å². The average molecular weight is 581 g/mol. The molecule has 8 heteroatoms. The highest BCUT2D eigenvalue weighted by Gasteiger charge is 2.38. The topological polar surface area (TPSA) is 31.2 Å². The molecule has 38 heavy (non-hydrogen) atoms. The summed E-state index contributed by atoms with van der Waals surface area (Å²) in [5.41, 5.74) is 2.09. The summed E-state index contributed by atoms with van der Waals surface area (Å²) in [6, 6.07) is 21.6. The zero-order chi connectivity index (χ0) is 28.5. The molecule has 0 aliphatic carbocycles. The van der Waals surface area contributed by atoms with Gasteiger partial charge in [0.25, 0.3) is 0 Å². The minimum absolute atomic E-state index is 0.0179. The van der Waals surface area contributed by atoms with E-state index in [1.807, 2.05) is 0 Å². The normalized spacial score (nSPS) is 16.3. The Balaban J connectivity index is 2.14. The summed E-state index contributed by atoms with van der Waals surface area (Å²) in [4.78, 5) is 10.7. The largest absolute Gasteiger partial charge is 0.348 e. The zero-order valence-corrected chi connectivity index (χ0v) is 29.2. The van der Waals surface area contributed by atoms with Gasteiger partial charge in [0.05, 0.1) is 11.1 Å². The molecule has 4 nitrogen and oxygen atoms in total. The second kappa shape index (κ2) is 11.5. The highest BCUT2D eigenvalue weighted by atomic mass is 31.8. The Bertz CT molecular complexity index is 1140. The molecule has 0 saturated heterocycles. The van der Waals surface area contributed by atoms with Crippen molar-refractivity contribution in [1.29, 1.82) is 0 Å². The fourth-order valence-corrected chi connectivity index (χ4v) is 28.3. The molecule has 0 unspecified atom stereocenters. The van der Waals surface area contributed by atoms with E-state index in [9.17, 15) is 0 Å². The molecule has 0 radical (unpaired) electrons. The SMILES string of the molecule is CC(C)(C)N=C(c1ccccc1)N([Si]1=P[Si](N(C(=NC(C)(C)C)c2ccccc2)C(C)(C)C)=P1)C(C)(C)C. The van der Waals surface area contributed by atoms with Crippen LogP contribution in [0.5, 0.6) is 0 Å². The highest BCUT2D eigenvalue weighted by molar-refractivity contribution is 8.20. The van der Waals surface area contributed by atoms with Gasteiger partial charge in [-0.25, -0.2) is 0 Å². The lowest BCUT2D eigenvalue weighted by molar-refractivity contribution is 0.357. The Kier molecular flexibility index (Phi) is 9.36. The minimum Gasteiger partial charge on any atom is -0.348 e. The van der Waals surface area contributed by atoms with Gasteiger partial charge in [0.15, 0.2) is 0 Å². The molecule has 1 aliphatic heterocycles. The van der Waals surface area contributed by atoms with Gasteiger partial charge in [0, 0.05) is 22.2 Å². The molecule has 204 valence electrons. The van der Waals surface area contributed by atoms with Crippen LogP contribution in [0.3, 0.4) is 0 Å². The third-order valence-electron chi connectivity index (χ3n) is 5.51. The molecule has 3 rings (SSSR count). The summed E-state index contributed by atoms with van der Waals surface area (Å²) >= 11 is 0. The monoisotopic (exact) mass is 580 g/mol. The minimum atomic E-state index is -0.876. The molecule has 0 amide bonds. The zero-order valence-electron chi connectivity index (χ0n) is 25.5. The fourth-order valence-electron chi connectivity index (χ4n) is 4.11. The number of benzene rings is 2. The van der Waals surface area contributed by atoms with Crippen LogP contribution in [-0.2, 0) is 0 Å². The van der Waals surface area contributed by atoms with Crippen molar-refractivity contribution < 1.29 is 0 Å². The van der Waals surface area contributed by atoms with Gasteiger partial charge in [0.1, 0.15) is 11.7 Å². The molecular formula is C30H46N4P2Si2. The Labute approximate surface area is 237 Å². The summed E-state index contributed by atoms with van der Waals surface area (Å²) in [7, 11) is 1.41. The molecule has 1 heterocycles. The first-order chi connectivity index (χ1) is 17.4. The van der Waals surface area contributed by atoms with Gasteiger partial charge in [-0.2, -0.15) is 0 Å². The predicted molar refractivity (Wildman–Crippen MR) is 174 cm³/mol. The fraction of sp³-hybridized carbons (Fsp3) is 0.533. The molecule has 0 atom stereocenters. The summed E-state index contributed by atoms with van der Waals surface area (Å²) in [5.74, 6) is 2.30. The quantitative estimate of drug-likeness (QED) is 0.157. The van der Waals surface area contributed by atoms with Crippen LogP contribution in [0, 0.1) is 0 Å². The number of amidine groups is 2. The van der Waals surface area contributed by atoms with Crippen LogP contribution < -0.4 is 0 Å². The van der Waals surface area contributed by atoms with E-state index in [1.54, 1.807) is 14.5 Å². The number of rotatable bonds is 4. The first kappa shape index (κ1) is 30.9. The van der Waals surface area contributed by atoms with Crippen LogP contribution in [0.15, 0.2) is 70.6 Å². The van der Waals surface area contributed by atoms with Crippen molar-refractivity contribution in [3.63, 3.8) is 0 Å². The maximum atomic E-state index is 5.33. The molecule has 0 fully saturated rings. The van der Waals surface area contributed by atoms with Gasteiger partial charge in [-0.15, -0.1) is 0 Å². The Morgan fingerprint density at radius 3 is 1.05 bits per heavy atom. The van der Waals surface area contributed by atoms with Crippen molar-refractivity contribution in [2.45, 2.75) is 105 Å². The number of hydrogen-bond acceptors (Lipinski definition) is 2. The Morgan fingerprint density at radius 1 is 0.526 bits per heavy atom. The van der Waals surface area contributed by atoms with Gasteiger partial charge in [-0.1, -0.05) is 75.2 Å². The van der Waals surface area contributed by atoms with Crippen molar-refractivity contribution in [1.82, 2.24) is 9.13 Å². The van der Waals surface area contributed by atoms with E-state index in [0.29, 0.717) is 0 Å². The van der Waals surface area contributed by atoms with E-state index in [2.05, 4.69) is 153 Å². The Hall–Kier alpha value is -1.59. The highest BCUT2D eigenvalue weighted by Crippen LogP contribution is 2.38. The van der Waals surface area contributed by atoms with Crippen molar-refractivity contribution in [2.75, 3.05) is 0 Å². The number of nitrogens with zero attached hydrogens (tertiary/aromatic N) is 4. The second-order valence-corrected chi connectivity index (χ2v) is 28.9. The maximum absolute atomic E-state index is 5.33. The Morgan fingerprint density at radius 2 is 0.816 bits per heavy atom. The molecule has 1 aliphatic rings. The second-order valence-electron chi connectivity index (χ2n) is 13.8. The van der Waals surface area contributed by atoms with Gasteiger partial charge >= 0.3 is 0 Å². The summed E-state index contributed by atoms with van der Waals surface area (Å²) < 4.78 is 5.39. The van der Waals surface area contributed by atoms with Crippen molar-refractivity contribution in [3.8, 4) is 0 Å². The molecule has 2 aromatic carbocycles. The van der Waals surface area contributed by atoms with E-state index >= 15 is 0 Å². The third-order valence-corrected chi connectivity index (χ3v) is 31.7. The van der Waals surface area contributed by atoms with Crippen molar-refractivity contribution in [2.24, 2.45) is 9.98 Å². The maximum Gasteiger partial charge on any atom is 0.220 e. The van der Waals surface area contributed by atoms with E-state index in [-0.39, 0.29) is 22.2 Å². The summed E-state index contributed by atoms with van der Waals surface area (Å²) in [5, 5.41) is 0. The van der Waals surface area contributed by atoms with Gasteiger partial charge < -0.3 is 9.13 Å².